The van der Waals surface area contributed by atoms with Gasteiger partial charge < -0.3 is 9.32 Å². The van der Waals surface area contributed by atoms with Crippen molar-refractivity contribution in [2.45, 2.75) is 0 Å². The highest BCUT2D eigenvalue weighted by molar-refractivity contribution is 6.04. The first kappa shape index (κ1) is 33.2. The Hall–Kier alpha value is -7.42. The van der Waals surface area contributed by atoms with Gasteiger partial charge in [0, 0.05) is 33.3 Å². The van der Waals surface area contributed by atoms with Gasteiger partial charge >= 0.3 is 0 Å². The number of anilines is 3. The number of benzene rings is 9. The maximum absolute atomic E-state index is 6.68. The van der Waals surface area contributed by atoms with Gasteiger partial charge in [0.2, 0.25) is 0 Å². The molecule has 0 atom stereocenters. The SMILES string of the molecule is c1ccc(-c2ccc(-c3ccc(N(c4ccc(-c5ccccc5-c5oc6ccccc6c5-c5ccccc5)cc4)c4cccc5ccccc45)cc3)cc2)cc1. The van der Waals surface area contributed by atoms with E-state index in [9.17, 15) is 0 Å². The second kappa shape index (κ2) is 14.4. The fourth-order valence-electron chi connectivity index (χ4n) is 7.97. The molecule has 264 valence electrons. The third kappa shape index (κ3) is 6.14. The van der Waals surface area contributed by atoms with E-state index in [1.807, 2.05) is 6.07 Å². The van der Waals surface area contributed by atoms with Gasteiger partial charge in [-0.05, 0) is 80.7 Å². The summed E-state index contributed by atoms with van der Waals surface area (Å²) in [5, 5.41) is 3.51. The molecule has 9 aromatic carbocycles. The zero-order valence-electron chi connectivity index (χ0n) is 30.7. The molecule has 10 rings (SSSR count). The number of fused-ring (bicyclic) bond motifs is 2. The van der Waals surface area contributed by atoms with Crippen LogP contribution >= 0.6 is 0 Å². The van der Waals surface area contributed by atoms with Crippen LogP contribution in [0.2, 0.25) is 0 Å². The molecule has 0 aliphatic carbocycles. The zero-order valence-corrected chi connectivity index (χ0v) is 30.7. The first-order valence-corrected chi connectivity index (χ1v) is 19.1. The van der Waals surface area contributed by atoms with Crippen molar-refractivity contribution in [1.82, 2.24) is 0 Å². The molecule has 0 N–H and O–H groups in total. The predicted octanol–water partition coefficient (Wildman–Crippen LogP) is 15.4. The Labute approximate surface area is 327 Å². The molecule has 10 aromatic rings. The number of furan rings is 1. The normalized spacial score (nSPS) is 11.2. The van der Waals surface area contributed by atoms with Gasteiger partial charge in [-0.15, -0.1) is 0 Å². The zero-order chi connectivity index (χ0) is 37.3. The molecule has 0 fully saturated rings. The monoisotopic (exact) mass is 715 g/mol. The van der Waals surface area contributed by atoms with Crippen LogP contribution in [-0.4, -0.2) is 0 Å². The van der Waals surface area contributed by atoms with Gasteiger partial charge in [0.05, 0.1) is 5.69 Å². The first-order chi connectivity index (χ1) is 27.8. The van der Waals surface area contributed by atoms with E-state index in [1.165, 1.54) is 33.0 Å². The number of para-hydroxylation sites is 1. The van der Waals surface area contributed by atoms with Crippen molar-refractivity contribution < 1.29 is 4.42 Å². The summed E-state index contributed by atoms with van der Waals surface area (Å²) in [7, 11) is 0. The lowest BCUT2D eigenvalue weighted by Gasteiger charge is -2.27. The molecule has 0 saturated carbocycles. The summed E-state index contributed by atoms with van der Waals surface area (Å²) in [6, 6.07) is 79.8. The Bertz CT molecular complexity index is 2920. The number of hydrogen-bond donors (Lipinski definition) is 0. The van der Waals surface area contributed by atoms with Crippen molar-refractivity contribution in [2.24, 2.45) is 0 Å². The van der Waals surface area contributed by atoms with Gasteiger partial charge in [-0.1, -0.05) is 188 Å². The number of hydrogen-bond acceptors (Lipinski definition) is 2. The topological polar surface area (TPSA) is 16.4 Å². The smallest absolute Gasteiger partial charge is 0.143 e. The van der Waals surface area contributed by atoms with Crippen LogP contribution in [0.1, 0.15) is 0 Å². The first-order valence-electron chi connectivity index (χ1n) is 19.1. The highest BCUT2D eigenvalue weighted by Crippen LogP contribution is 2.45. The second-order valence-electron chi connectivity index (χ2n) is 14.1. The van der Waals surface area contributed by atoms with Crippen LogP contribution in [0, 0.1) is 0 Å². The molecule has 0 amide bonds. The quantitative estimate of drug-likeness (QED) is 0.156. The highest BCUT2D eigenvalue weighted by atomic mass is 16.3. The van der Waals surface area contributed by atoms with E-state index in [0.717, 1.165) is 61.6 Å². The summed E-state index contributed by atoms with van der Waals surface area (Å²) in [4.78, 5) is 2.37. The molecule has 2 heteroatoms. The van der Waals surface area contributed by atoms with Crippen molar-refractivity contribution in [2.75, 3.05) is 4.90 Å². The van der Waals surface area contributed by atoms with E-state index < -0.39 is 0 Å². The molecule has 56 heavy (non-hydrogen) atoms. The molecule has 0 radical (unpaired) electrons. The molecule has 0 unspecified atom stereocenters. The predicted molar refractivity (Wildman–Crippen MR) is 236 cm³/mol. The molecular weight excluding hydrogens is 679 g/mol. The number of rotatable bonds is 8. The summed E-state index contributed by atoms with van der Waals surface area (Å²) in [6.07, 6.45) is 0. The largest absolute Gasteiger partial charge is 0.455 e. The molecule has 0 spiro atoms. The highest BCUT2D eigenvalue weighted by Gasteiger charge is 2.21. The van der Waals surface area contributed by atoms with Crippen molar-refractivity contribution in [3.63, 3.8) is 0 Å². The molecular formula is C54H37NO. The van der Waals surface area contributed by atoms with Crippen molar-refractivity contribution in [3.05, 3.63) is 224 Å². The van der Waals surface area contributed by atoms with Gasteiger partial charge in [-0.2, -0.15) is 0 Å². The van der Waals surface area contributed by atoms with Gasteiger partial charge in [-0.3, -0.25) is 0 Å². The van der Waals surface area contributed by atoms with Crippen LogP contribution in [0.3, 0.4) is 0 Å². The van der Waals surface area contributed by atoms with Crippen LogP contribution in [0.5, 0.6) is 0 Å². The van der Waals surface area contributed by atoms with Gasteiger partial charge in [0.15, 0.2) is 0 Å². The average molecular weight is 716 g/mol. The average Bonchev–Trinajstić information content (AvgIpc) is 3.67. The fourth-order valence-corrected chi connectivity index (χ4v) is 7.97. The summed E-state index contributed by atoms with van der Waals surface area (Å²) < 4.78 is 6.68. The van der Waals surface area contributed by atoms with Crippen LogP contribution in [0.4, 0.5) is 17.1 Å². The molecule has 0 aliphatic heterocycles. The lowest BCUT2D eigenvalue weighted by molar-refractivity contribution is 0.632. The second-order valence-corrected chi connectivity index (χ2v) is 14.1. The maximum Gasteiger partial charge on any atom is 0.143 e. The van der Waals surface area contributed by atoms with Gasteiger partial charge in [-0.25, -0.2) is 0 Å². The van der Waals surface area contributed by atoms with Crippen molar-refractivity contribution in [1.29, 1.82) is 0 Å². The van der Waals surface area contributed by atoms with Crippen LogP contribution in [0.25, 0.3) is 77.6 Å². The lowest BCUT2D eigenvalue weighted by Crippen LogP contribution is -2.10. The standard InChI is InChI=1S/C54H37NO/c1-3-14-38(15-4-1)39-26-28-40(29-27-39)41-30-34-45(35-31-41)55(51-24-13-19-42-16-7-8-21-48(42)51)46-36-32-43(33-37-46)47-20-9-10-22-49(47)54-53(44-17-5-2-6-18-44)50-23-11-12-25-52(50)56-54/h1-37H. The summed E-state index contributed by atoms with van der Waals surface area (Å²) in [6.45, 7) is 0. The Morgan fingerprint density at radius 3 is 1.43 bits per heavy atom. The minimum Gasteiger partial charge on any atom is -0.455 e. The third-order valence-electron chi connectivity index (χ3n) is 10.7. The van der Waals surface area contributed by atoms with E-state index >= 15 is 0 Å². The van der Waals surface area contributed by atoms with Crippen LogP contribution in [0.15, 0.2) is 229 Å². The van der Waals surface area contributed by atoms with E-state index in [0.29, 0.717) is 0 Å². The minimum absolute atomic E-state index is 0.879. The number of nitrogens with zero attached hydrogens (tertiary/aromatic N) is 1. The van der Waals surface area contributed by atoms with Gasteiger partial charge in [0.25, 0.3) is 0 Å². The van der Waals surface area contributed by atoms with Crippen LogP contribution < -0.4 is 4.90 Å². The fraction of sp³-hybridized carbons (Fsp3) is 0. The summed E-state index contributed by atoms with van der Waals surface area (Å²) >= 11 is 0. The van der Waals surface area contributed by atoms with Crippen molar-refractivity contribution >= 4 is 38.8 Å². The summed E-state index contributed by atoms with van der Waals surface area (Å²) in [5.74, 6) is 0.879. The lowest BCUT2D eigenvalue weighted by atomic mass is 9.93. The van der Waals surface area contributed by atoms with E-state index in [4.69, 9.17) is 4.42 Å². The van der Waals surface area contributed by atoms with Crippen molar-refractivity contribution in [3.8, 4) is 55.8 Å². The molecule has 0 aliphatic rings. The minimum atomic E-state index is 0.879. The Morgan fingerprint density at radius 1 is 0.304 bits per heavy atom. The maximum atomic E-state index is 6.68. The molecule has 1 aromatic heterocycles. The third-order valence-corrected chi connectivity index (χ3v) is 10.7. The van der Waals surface area contributed by atoms with E-state index in [-0.39, 0.29) is 0 Å². The Kier molecular flexibility index (Phi) is 8.55. The molecule has 0 saturated heterocycles. The molecule has 1 heterocycles. The Balaban J connectivity index is 1.04. The van der Waals surface area contributed by atoms with E-state index in [2.05, 4.69) is 223 Å². The Morgan fingerprint density at radius 2 is 0.768 bits per heavy atom. The van der Waals surface area contributed by atoms with E-state index in [1.54, 1.807) is 0 Å². The molecule has 0 bridgehead atoms. The molecule has 2 nitrogen and oxygen atoms in total. The summed E-state index contributed by atoms with van der Waals surface area (Å²) in [5.41, 5.74) is 14.5. The van der Waals surface area contributed by atoms with Gasteiger partial charge in [0.1, 0.15) is 11.3 Å². The van der Waals surface area contributed by atoms with Crippen LogP contribution in [-0.2, 0) is 0 Å².